The highest BCUT2D eigenvalue weighted by atomic mass is 35.5. The number of fused-ring (bicyclic) bond motifs is 1. The maximum atomic E-state index is 12.1. The average molecular weight is 248 g/mol. The van der Waals surface area contributed by atoms with Crippen LogP contribution in [0.25, 0.3) is 0 Å². The quantitative estimate of drug-likeness (QED) is 0.743. The van der Waals surface area contributed by atoms with Crippen LogP contribution in [0.15, 0.2) is 48.4 Å². The lowest BCUT2D eigenvalue weighted by Gasteiger charge is -2.10. The van der Waals surface area contributed by atoms with E-state index in [0.29, 0.717) is 16.1 Å². The Labute approximate surface area is 112 Å². The first-order valence-corrected chi connectivity index (χ1v) is 5.60. The zero-order valence-electron chi connectivity index (χ0n) is 13.8. The molecule has 2 aromatic carbocycles. The summed E-state index contributed by atoms with van der Waals surface area (Å²) in [6.45, 7) is 0. The maximum absolute atomic E-state index is 12.1. The topological polar surface area (TPSA) is 17.1 Å². The van der Waals surface area contributed by atoms with Crippen LogP contribution in [0.4, 0.5) is 0 Å². The highest BCUT2D eigenvalue weighted by molar-refractivity contribution is 6.31. The second-order valence-corrected chi connectivity index (χ2v) is 4.39. The molecule has 17 heavy (non-hydrogen) atoms. The molecule has 1 aliphatic carbocycles. The molecule has 0 spiro atoms. The van der Waals surface area contributed by atoms with Crippen molar-refractivity contribution in [1.29, 1.82) is 0 Å². The highest BCUT2D eigenvalue weighted by Crippen LogP contribution is 2.38. The van der Waals surface area contributed by atoms with Gasteiger partial charge in [0.25, 0.3) is 0 Å². The number of halogens is 1. The summed E-state index contributed by atoms with van der Waals surface area (Å²) in [5.41, 5.74) is 1.29. The molecule has 0 saturated carbocycles. The van der Waals surface area contributed by atoms with Gasteiger partial charge in [-0.2, -0.15) is 0 Å². The fourth-order valence-electron chi connectivity index (χ4n) is 2.17. The molecule has 0 heterocycles. The van der Waals surface area contributed by atoms with Crippen LogP contribution >= 0.6 is 11.6 Å². The Morgan fingerprint density at radius 1 is 1.24 bits per heavy atom. The van der Waals surface area contributed by atoms with E-state index in [1.165, 1.54) is 0 Å². The Hall–Kier alpha value is -1.60. The summed E-state index contributed by atoms with van der Waals surface area (Å²) >= 11 is 5.91. The first-order valence-electron chi connectivity index (χ1n) is 7.72. The molecule has 2 aromatic rings. The van der Waals surface area contributed by atoms with E-state index in [9.17, 15) is 4.79 Å². The molecule has 0 bridgehead atoms. The van der Waals surface area contributed by atoms with Crippen LogP contribution in [0.2, 0.25) is 5.02 Å². The van der Waals surface area contributed by atoms with E-state index in [-0.39, 0.29) is 41.9 Å². The lowest BCUT2D eigenvalue weighted by Crippen LogP contribution is -1.95. The number of Topliss-reactive ketones (excluding diaryl/α,β-unsaturated/α-hetero) is 1. The second-order valence-electron chi connectivity index (χ2n) is 3.95. The van der Waals surface area contributed by atoms with Crippen LogP contribution in [-0.4, -0.2) is 5.78 Å². The van der Waals surface area contributed by atoms with Gasteiger partial charge in [-0.1, -0.05) is 47.9 Å². The van der Waals surface area contributed by atoms with Gasteiger partial charge in [-0.25, -0.2) is 0 Å². The molecule has 0 N–H and O–H groups in total. The van der Waals surface area contributed by atoms with Gasteiger partial charge in [-0.3, -0.25) is 4.79 Å². The molecule has 1 atom stereocenters. The van der Waals surface area contributed by atoms with Crippen LogP contribution in [0.1, 0.15) is 40.7 Å². The third-order valence-electron chi connectivity index (χ3n) is 2.95. The van der Waals surface area contributed by atoms with Crippen molar-refractivity contribution in [2.24, 2.45) is 0 Å². The molecule has 1 aliphatic rings. The van der Waals surface area contributed by atoms with E-state index in [1.54, 1.807) is 18.2 Å². The molecule has 0 aliphatic heterocycles. The number of rotatable bonds is 1. The van der Waals surface area contributed by atoms with Crippen molar-refractivity contribution >= 4 is 17.4 Å². The van der Waals surface area contributed by atoms with Gasteiger partial charge in [0, 0.05) is 22.9 Å². The Morgan fingerprint density at radius 2 is 2.00 bits per heavy atom. The smallest absolute Gasteiger partial charge is 0.164 e. The van der Waals surface area contributed by atoms with Crippen LogP contribution in [0, 0.1) is 0 Å². The zero-order chi connectivity index (χ0) is 16.2. The van der Waals surface area contributed by atoms with Crippen molar-refractivity contribution in [3.63, 3.8) is 0 Å². The number of carbonyl (C=O) groups is 1. The summed E-state index contributed by atoms with van der Waals surface area (Å²) in [4.78, 5) is 12.1. The van der Waals surface area contributed by atoms with Crippen LogP contribution in [-0.2, 0) is 0 Å². The summed E-state index contributed by atoms with van der Waals surface area (Å²) in [7, 11) is 0. The maximum Gasteiger partial charge on any atom is 0.164 e. The molecule has 0 saturated heterocycles. The first kappa shape index (κ1) is 6.36. The van der Waals surface area contributed by atoms with E-state index in [2.05, 4.69) is 0 Å². The Morgan fingerprint density at radius 3 is 2.76 bits per heavy atom. The lowest BCUT2D eigenvalue weighted by atomic mass is 9.93. The fourth-order valence-corrected chi connectivity index (χ4v) is 2.34. The molecule has 2 heteroatoms. The molecular formula is C15H11ClO. The standard InChI is InChI=1S/C15H11ClO/c16-11-6-7-12-13(9-15(17)14(12)8-11)10-4-2-1-3-5-10/h1-8,13H,9H2/t13-/m0/s1/i1D,2D,3D,4D,5D. The van der Waals surface area contributed by atoms with Crippen molar-refractivity contribution in [2.45, 2.75) is 12.3 Å². The highest BCUT2D eigenvalue weighted by Gasteiger charge is 2.30. The van der Waals surface area contributed by atoms with Gasteiger partial charge < -0.3 is 0 Å². The third kappa shape index (κ3) is 1.77. The zero-order valence-corrected chi connectivity index (χ0v) is 9.56. The number of benzene rings is 2. The predicted molar refractivity (Wildman–Crippen MR) is 68.7 cm³/mol. The van der Waals surface area contributed by atoms with Crippen molar-refractivity contribution in [1.82, 2.24) is 0 Å². The predicted octanol–water partition coefficient (Wildman–Crippen LogP) is 4.06. The first-order chi connectivity index (χ1) is 10.3. The van der Waals surface area contributed by atoms with E-state index < -0.39 is 12.0 Å². The van der Waals surface area contributed by atoms with Gasteiger partial charge in [0.15, 0.2) is 5.78 Å². The molecule has 3 rings (SSSR count). The lowest BCUT2D eigenvalue weighted by molar-refractivity contribution is 0.0991. The SMILES string of the molecule is [2H]c1c([2H])c([2H])c([C@@H]2CC(=O)c3cc(Cl)ccc32)c([2H])c1[2H]. The monoisotopic (exact) mass is 247 g/mol. The molecule has 0 unspecified atom stereocenters. The Balaban J connectivity index is 2.26. The summed E-state index contributed by atoms with van der Waals surface area (Å²) in [5, 5.41) is 0.439. The van der Waals surface area contributed by atoms with Gasteiger partial charge in [-0.15, -0.1) is 0 Å². The van der Waals surface area contributed by atoms with Gasteiger partial charge >= 0.3 is 0 Å². The minimum atomic E-state index is -0.534. The second kappa shape index (κ2) is 4.01. The normalized spacial score (nSPS) is 22.3. The number of ketones is 1. The largest absolute Gasteiger partial charge is 0.294 e. The summed E-state index contributed by atoms with van der Waals surface area (Å²) in [6.07, 6.45) is 0.0870. The van der Waals surface area contributed by atoms with Crippen LogP contribution in [0.3, 0.4) is 0 Å². The number of hydrogen-bond donors (Lipinski definition) is 0. The minimum Gasteiger partial charge on any atom is -0.294 e. The fraction of sp³-hybridized carbons (Fsp3) is 0.133. The van der Waals surface area contributed by atoms with E-state index in [4.69, 9.17) is 18.5 Å². The number of hydrogen-bond acceptors (Lipinski definition) is 1. The van der Waals surface area contributed by atoms with Gasteiger partial charge in [0.1, 0.15) is 0 Å². The number of carbonyl (C=O) groups excluding carboxylic acids is 1. The summed E-state index contributed by atoms with van der Waals surface area (Å²) in [6, 6.07) is 3.18. The summed E-state index contributed by atoms with van der Waals surface area (Å²) in [5.74, 6) is -0.664. The molecular weight excluding hydrogens is 232 g/mol. The van der Waals surface area contributed by atoms with Crippen molar-refractivity contribution in [3.8, 4) is 0 Å². The molecule has 0 radical (unpaired) electrons. The molecule has 0 aromatic heterocycles. The van der Waals surface area contributed by atoms with E-state index in [0.717, 1.165) is 0 Å². The third-order valence-corrected chi connectivity index (χ3v) is 3.18. The minimum absolute atomic E-state index is 0.0870. The molecule has 0 amide bonds. The summed E-state index contributed by atoms with van der Waals surface area (Å²) < 4.78 is 39.2. The van der Waals surface area contributed by atoms with Crippen LogP contribution in [0.5, 0.6) is 0 Å². The average Bonchev–Trinajstić information content (AvgIpc) is 2.80. The van der Waals surface area contributed by atoms with Crippen LogP contribution < -0.4 is 0 Å². The van der Waals surface area contributed by atoms with E-state index >= 15 is 0 Å². The van der Waals surface area contributed by atoms with Crippen molar-refractivity contribution in [3.05, 3.63) is 70.1 Å². The van der Waals surface area contributed by atoms with Gasteiger partial charge in [0.05, 0.1) is 6.85 Å². The van der Waals surface area contributed by atoms with Gasteiger partial charge in [-0.05, 0) is 23.3 Å². The molecule has 84 valence electrons. The molecule has 1 nitrogen and oxygen atoms in total. The van der Waals surface area contributed by atoms with E-state index in [1.807, 2.05) is 0 Å². The van der Waals surface area contributed by atoms with Crippen molar-refractivity contribution < 1.29 is 11.6 Å². The van der Waals surface area contributed by atoms with Crippen molar-refractivity contribution in [2.75, 3.05) is 0 Å². The molecule has 0 fully saturated rings. The van der Waals surface area contributed by atoms with Gasteiger partial charge in [0.2, 0.25) is 0 Å². The Bertz CT molecular complexity index is 789. The Kier molecular flexibility index (Phi) is 1.50.